The fourth-order valence-corrected chi connectivity index (χ4v) is 3.30. The molecule has 0 aromatic heterocycles. The summed E-state index contributed by atoms with van der Waals surface area (Å²) in [4.78, 5) is 47.9. The largest absolute Gasteiger partial charge is 0.480 e. The molecule has 0 aliphatic carbocycles. The van der Waals surface area contributed by atoms with Crippen LogP contribution in [0.15, 0.2) is 18.2 Å². The number of methoxy groups -OCH3 is 1. The van der Waals surface area contributed by atoms with E-state index in [4.69, 9.17) is 39.6 Å². The van der Waals surface area contributed by atoms with Gasteiger partial charge in [-0.25, -0.2) is 4.79 Å². The van der Waals surface area contributed by atoms with E-state index < -0.39 is 54.6 Å². The van der Waals surface area contributed by atoms with Gasteiger partial charge >= 0.3 is 23.9 Å². The maximum atomic E-state index is 12.5. The first kappa shape index (κ1) is 27.4. The van der Waals surface area contributed by atoms with Crippen LogP contribution in [-0.4, -0.2) is 73.4 Å². The molecule has 0 spiro atoms. The van der Waals surface area contributed by atoms with Crippen LogP contribution in [0.5, 0.6) is 11.5 Å². The van der Waals surface area contributed by atoms with Crippen LogP contribution in [0.2, 0.25) is 0 Å². The molecule has 1 N–H and O–H groups in total. The average molecular weight is 494 g/mol. The van der Waals surface area contributed by atoms with Crippen molar-refractivity contribution in [1.82, 2.24) is 0 Å². The van der Waals surface area contributed by atoms with E-state index in [2.05, 4.69) is 5.92 Å². The van der Waals surface area contributed by atoms with Gasteiger partial charge in [0.2, 0.25) is 12.4 Å². The second-order valence-corrected chi connectivity index (χ2v) is 7.21. The number of carbonyl (C=O) groups excluding carboxylic acids is 4. The molecule has 0 bridgehead atoms. The molecule has 1 fully saturated rings. The molecule has 1 aliphatic rings. The van der Waals surface area contributed by atoms with Crippen molar-refractivity contribution in [1.29, 1.82) is 0 Å². The van der Waals surface area contributed by atoms with Crippen molar-refractivity contribution >= 4 is 23.9 Å². The molecule has 1 aromatic rings. The number of hydrogen-bond acceptors (Lipinski definition) is 12. The van der Waals surface area contributed by atoms with Crippen molar-refractivity contribution in [3.8, 4) is 23.8 Å². The Labute approximate surface area is 201 Å². The third kappa shape index (κ3) is 7.33. The molecule has 12 nitrogen and oxygen atoms in total. The molecule has 35 heavy (non-hydrogen) atoms. The van der Waals surface area contributed by atoms with E-state index in [1.165, 1.54) is 18.2 Å². The second-order valence-electron chi connectivity index (χ2n) is 7.21. The van der Waals surface area contributed by atoms with Gasteiger partial charge in [0.1, 0.15) is 18.1 Å². The molecular weight excluding hydrogens is 468 g/mol. The Balaban J connectivity index is 2.51. The highest BCUT2D eigenvalue weighted by molar-refractivity contribution is 5.77. The predicted octanol–water partition coefficient (Wildman–Crippen LogP) is 0.263. The number of aliphatic hydroxyl groups is 1. The van der Waals surface area contributed by atoms with Crippen LogP contribution < -0.4 is 9.47 Å². The van der Waals surface area contributed by atoms with E-state index in [-0.39, 0.29) is 24.7 Å². The van der Waals surface area contributed by atoms with Gasteiger partial charge in [-0.15, -0.1) is 6.42 Å². The Bertz CT molecular complexity index is 981. The molecule has 190 valence electrons. The van der Waals surface area contributed by atoms with E-state index in [1.807, 2.05) is 0 Å². The Kier molecular flexibility index (Phi) is 9.86. The molecule has 0 saturated carbocycles. The smallest absolute Gasteiger partial charge is 0.339 e. The summed E-state index contributed by atoms with van der Waals surface area (Å²) >= 11 is 0. The van der Waals surface area contributed by atoms with Gasteiger partial charge in [0.15, 0.2) is 18.3 Å². The molecule has 1 aromatic carbocycles. The minimum absolute atomic E-state index is 0.0878. The van der Waals surface area contributed by atoms with Gasteiger partial charge in [-0.1, -0.05) is 5.92 Å². The monoisotopic (exact) mass is 494 g/mol. The SMILES string of the molecule is C#CCOc1cc(OC2OC(C(=O)OC)C(OC(C)=O)C(OC(C)=O)C2OC(C)=O)ccc1CO. The van der Waals surface area contributed by atoms with Crippen molar-refractivity contribution in [2.75, 3.05) is 13.7 Å². The molecule has 12 heteroatoms. The topological polar surface area (TPSA) is 153 Å². The van der Waals surface area contributed by atoms with Gasteiger partial charge in [-0.2, -0.15) is 0 Å². The highest BCUT2D eigenvalue weighted by Crippen LogP contribution is 2.33. The van der Waals surface area contributed by atoms with Crippen LogP contribution >= 0.6 is 0 Å². The lowest BCUT2D eigenvalue weighted by Gasteiger charge is -2.43. The number of ether oxygens (including phenoxy) is 7. The number of benzene rings is 1. The number of hydrogen-bond donors (Lipinski definition) is 1. The van der Waals surface area contributed by atoms with Crippen LogP contribution in [0.3, 0.4) is 0 Å². The molecule has 5 unspecified atom stereocenters. The van der Waals surface area contributed by atoms with Crippen molar-refractivity contribution < 1.29 is 57.4 Å². The molecule has 1 heterocycles. The lowest BCUT2D eigenvalue weighted by molar-refractivity contribution is -0.282. The van der Waals surface area contributed by atoms with Gasteiger partial charge in [-0.3, -0.25) is 14.4 Å². The Morgan fingerprint density at radius 1 is 1.00 bits per heavy atom. The van der Waals surface area contributed by atoms with E-state index in [0.29, 0.717) is 5.56 Å². The number of carbonyl (C=O) groups is 4. The zero-order chi connectivity index (χ0) is 26.1. The van der Waals surface area contributed by atoms with Crippen LogP contribution in [0.4, 0.5) is 0 Å². The van der Waals surface area contributed by atoms with Crippen molar-refractivity contribution in [3.05, 3.63) is 23.8 Å². The van der Waals surface area contributed by atoms with Crippen LogP contribution in [-0.2, 0) is 49.5 Å². The molecule has 0 radical (unpaired) electrons. The number of terminal acetylenes is 1. The van der Waals surface area contributed by atoms with Crippen molar-refractivity contribution in [2.24, 2.45) is 0 Å². The van der Waals surface area contributed by atoms with Crippen molar-refractivity contribution in [2.45, 2.75) is 58.1 Å². The highest BCUT2D eigenvalue weighted by Gasteiger charge is 2.55. The second kappa shape index (κ2) is 12.6. The maximum absolute atomic E-state index is 12.5. The fraction of sp³-hybridized carbons (Fsp3) is 0.478. The number of aliphatic hydroxyl groups excluding tert-OH is 1. The Morgan fingerprint density at radius 2 is 1.60 bits per heavy atom. The number of rotatable bonds is 9. The summed E-state index contributed by atoms with van der Waals surface area (Å²) in [6, 6.07) is 4.34. The van der Waals surface area contributed by atoms with E-state index >= 15 is 0 Å². The van der Waals surface area contributed by atoms with Gasteiger partial charge in [0, 0.05) is 32.4 Å². The van der Waals surface area contributed by atoms with Crippen molar-refractivity contribution in [3.63, 3.8) is 0 Å². The molecule has 1 saturated heterocycles. The molecule has 0 amide bonds. The summed E-state index contributed by atoms with van der Waals surface area (Å²) in [7, 11) is 1.08. The standard InChI is InChI=1S/C23H26O12/c1-6-9-30-17-10-16(8-7-15(17)11-24)34-23-21(33-14(4)27)19(32-13(3)26)18(31-12(2)25)20(35-23)22(28)29-5/h1,7-8,10,18-21,23-24H,9,11H2,2-5H3. The van der Waals surface area contributed by atoms with Gasteiger partial charge < -0.3 is 38.3 Å². The maximum Gasteiger partial charge on any atom is 0.339 e. The summed E-state index contributed by atoms with van der Waals surface area (Å²) in [5, 5.41) is 9.52. The van der Waals surface area contributed by atoms with E-state index in [0.717, 1.165) is 27.9 Å². The Morgan fingerprint density at radius 3 is 2.14 bits per heavy atom. The van der Waals surface area contributed by atoms with Gasteiger partial charge in [-0.05, 0) is 12.1 Å². The molecular formula is C23H26O12. The third-order valence-corrected chi connectivity index (χ3v) is 4.61. The lowest BCUT2D eigenvalue weighted by atomic mass is 9.97. The summed E-state index contributed by atoms with van der Waals surface area (Å²) in [5.41, 5.74) is 0.411. The third-order valence-electron chi connectivity index (χ3n) is 4.61. The fourth-order valence-electron chi connectivity index (χ4n) is 3.30. The summed E-state index contributed by atoms with van der Waals surface area (Å²) < 4.78 is 37.4. The predicted molar refractivity (Wildman–Crippen MR) is 115 cm³/mol. The van der Waals surface area contributed by atoms with Crippen LogP contribution in [0.1, 0.15) is 26.3 Å². The zero-order valence-electron chi connectivity index (χ0n) is 19.5. The molecule has 5 atom stereocenters. The highest BCUT2D eigenvalue weighted by atomic mass is 16.7. The lowest BCUT2D eigenvalue weighted by Crippen LogP contribution is -2.64. The van der Waals surface area contributed by atoms with Crippen LogP contribution in [0.25, 0.3) is 0 Å². The quantitative estimate of drug-likeness (QED) is 0.285. The molecule has 2 rings (SSSR count). The van der Waals surface area contributed by atoms with Gasteiger partial charge in [0.05, 0.1) is 13.7 Å². The number of esters is 4. The summed E-state index contributed by atoms with van der Waals surface area (Å²) in [6.07, 6.45) is -2.37. The minimum Gasteiger partial charge on any atom is -0.480 e. The summed E-state index contributed by atoms with van der Waals surface area (Å²) in [6.45, 7) is 2.81. The zero-order valence-corrected chi connectivity index (χ0v) is 19.5. The molecule has 1 aliphatic heterocycles. The van der Waals surface area contributed by atoms with E-state index in [9.17, 15) is 24.3 Å². The van der Waals surface area contributed by atoms with Crippen LogP contribution in [0, 0.1) is 12.3 Å². The van der Waals surface area contributed by atoms with E-state index in [1.54, 1.807) is 0 Å². The minimum atomic E-state index is -1.60. The first-order valence-corrected chi connectivity index (χ1v) is 10.3. The average Bonchev–Trinajstić information content (AvgIpc) is 2.79. The summed E-state index contributed by atoms with van der Waals surface area (Å²) in [5.74, 6) is -0.777. The Hall–Kier alpha value is -3.82. The first-order valence-electron chi connectivity index (χ1n) is 10.3. The first-order chi connectivity index (χ1) is 16.6. The normalized spacial score (nSPS) is 23.3. The van der Waals surface area contributed by atoms with Gasteiger partial charge in [0.25, 0.3) is 0 Å².